The first-order valence-electron chi connectivity index (χ1n) is 10.4. The highest BCUT2D eigenvalue weighted by atomic mass is 32.2. The van der Waals surface area contributed by atoms with Gasteiger partial charge in [-0.1, -0.05) is 37.7 Å². The Morgan fingerprint density at radius 3 is 2.56 bits per heavy atom. The molecule has 7 nitrogen and oxygen atoms in total. The average Bonchev–Trinajstić information content (AvgIpc) is 3.42. The van der Waals surface area contributed by atoms with Crippen molar-refractivity contribution in [3.63, 3.8) is 0 Å². The van der Waals surface area contributed by atoms with Gasteiger partial charge in [-0.15, -0.1) is 10.2 Å². The molecule has 3 aromatic heterocycles. The van der Waals surface area contributed by atoms with Crippen molar-refractivity contribution in [2.45, 2.75) is 37.5 Å². The van der Waals surface area contributed by atoms with E-state index in [2.05, 4.69) is 34.5 Å². The van der Waals surface area contributed by atoms with Crippen LogP contribution in [0.3, 0.4) is 0 Å². The Balaban J connectivity index is 1.48. The molecule has 0 N–H and O–H groups in total. The smallest absolute Gasteiger partial charge is 0.226 e. The van der Waals surface area contributed by atoms with Gasteiger partial charge < -0.3 is 9.15 Å². The second-order valence-corrected chi connectivity index (χ2v) is 8.78. The van der Waals surface area contributed by atoms with Crippen molar-refractivity contribution in [2.24, 2.45) is 0 Å². The molecule has 5 rings (SSSR count). The van der Waals surface area contributed by atoms with E-state index >= 15 is 0 Å². The fourth-order valence-corrected chi connectivity index (χ4v) is 4.57. The SMILES string of the molecule is COc1ccc(-c2nc(CSc3nc4ccccc4n4c(C(C)C)nnc34)c(C)o2)cc1. The highest BCUT2D eigenvalue weighted by Crippen LogP contribution is 2.31. The van der Waals surface area contributed by atoms with Crippen molar-refractivity contribution in [3.8, 4) is 17.2 Å². The van der Waals surface area contributed by atoms with Crippen LogP contribution in [0.4, 0.5) is 0 Å². The topological polar surface area (TPSA) is 78.3 Å². The molecule has 162 valence electrons. The predicted molar refractivity (Wildman–Crippen MR) is 125 cm³/mol. The molecule has 8 heteroatoms. The molecule has 0 aliphatic heterocycles. The number of para-hydroxylation sites is 2. The standard InChI is InChI=1S/C24H23N5O2S/c1-14(2)21-27-28-22-24(26-18-7-5-6-8-20(18)29(21)22)32-13-19-15(3)31-23(25-19)16-9-11-17(30-4)12-10-16/h5-12,14H,13H2,1-4H3. The lowest BCUT2D eigenvalue weighted by atomic mass is 10.2. The Morgan fingerprint density at radius 1 is 1.03 bits per heavy atom. The molecule has 32 heavy (non-hydrogen) atoms. The lowest BCUT2D eigenvalue weighted by Crippen LogP contribution is -2.01. The third-order valence-corrected chi connectivity index (χ3v) is 6.28. The van der Waals surface area contributed by atoms with Crippen LogP contribution in [0.5, 0.6) is 5.75 Å². The maximum absolute atomic E-state index is 5.94. The third kappa shape index (κ3) is 3.60. The van der Waals surface area contributed by atoms with Crippen LogP contribution in [-0.4, -0.2) is 31.7 Å². The number of thioether (sulfide) groups is 1. The minimum Gasteiger partial charge on any atom is -0.497 e. The van der Waals surface area contributed by atoms with Crippen molar-refractivity contribution < 1.29 is 9.15 Å². The molecule has 0 spiro atoms. The Hall–Kier alpha value is -3.39. The predicted octanol–water partition coefficient (Wildman–Crippen LogP) is 5.67. The summed E-state index contributed by atoms with van der Waals surface area (Å²) < 4.78 is 13.3. The zero-order chi connectivity index (χ0) is 22.2. The first-order valence-corrected chi connectivity index (χ1v) is 11.4. The minimum atomic E-state index is 0.249. The van der Waals surface area contributed by atoms with Gasteiger partial charge in [-0.25, -0.2) is 9.97 Å². The molecule has 2 aromatic carbocycles. The van der Waals surface area contributed by atoms with Crippen LogP contribution in [0.15, 0.2) is 58.0 Å². The van der Waals surface area contributed by atoms with Gasteiger partial charge in [0.2, 0.25) is 5.89 Å². The van der Waals surface area contributed by atoms with Gasteiger partial charge in [0, 0.05) is 17.2 Å². The van der Waals surface area contributed by atoms with E-state index in [0.717, 1.165) is 50.3 Å². The maximum Gasteiger partial charge on any atom is 0.226 e. The number of rotatable bonds is 6. The Kier molecular flexibility index (Phi) is 5.30. The Bertz CT molecular complexity index is 1410. The van der Waals surface area contributed by atoms with Crippen LogP contribution in [0.1, 0.15) is 37.0 Å². The summed E-state index contributed by atoms with van der Waals surface area (Å²) in [5.74, 6) is 3.99. The second-order valence-electron chi connectivity index (χ2n) is 7.82. The molecule has 3 heterocycles. The second kappa shape index (κ2) is 8.27. The summed E-state index contributed by atoms with van der Waals surface area (Å²) in [4.78, 5) is 9.60. The summed E-state index contributed by atoms with van der Waals surface area (Å²) in [5.41, 5.74) is 4.50. The van der Waals surface area contributed by atoms with E-state index in [0.29, 0.717) is 11.6 Å². The fourth-order valence-electron chi connectivity index (χ4n) is 3.61. The van der Waals surface area contributed by atoms with Crippen molar-refractivity contribution in [2.75, 3.05) is 7.11 Å². The number of fused-ring (bicyclic) bond motifs is 3. The maximum atomic E-state index is 5.94. The highest BCUT2D eigenvalue weighted by Gasteiger charge is 2.19. The van der Waals surface area contributed by atoms with Crippen LogP contribution in [0, 0.1) is 6.92 Å². The van der Waals surface area contributed by atoms with E-state index in [4.69, 9.17) is 19.1 Å². The van der Waals surface area contributed by atoms with Gasteiger partial charge in [0.25, 0.3) is 0 Å². The number of aromatic nitrogens is 5. The van der Waals surface area contributed by atoms with Gasteiger partial charge >= 0.3 is 0 Å². The van der Waals surface area contributed by atoms with E-state index in [1.54, 1.807) is 18.9 Å². The van der Waals surface area contributed by atoms with Crippen LogP contribution < -0.4 is 4.74 Å². The van der Waals surface area contributed by atoms with Crippen LogP contribution in [0.25, 0.3) is 28.1 Å². The van der Waals surface area contributed by atoms with Crippen molar-refractivity contribution >= 4 is 28.4 Å². The van der Waals surface area contributed by atoms with Gasteiger partial charge in [0.15, 0.2) is 5.65 Å². The Labute approximate surface area is 189 Å². The lowest BCUT2D eigenvalue weighted by molar-refractivity contribution is 0.415. The molecule has 0 fully saturated rings. The van der Waals surface area contributed by atoms with Gasteiger partial charge in [0.05, 0.1) is 23.8 Å². The van der Waals surface area contributed by atoms with E-state index in [1.807, 2.05) is 49.4 Å². The van der Waals surface area contributed by atoms with Gasteiger partial charge in [0.1, 0.15) is 22.4 Å². The van der Waals surface area contributed by atoms with Crippen molar-refractivity contribution in [1.82, 2.24) is 24.6 Å². The lowest BCUT2D eigenvalue weighted by Gasteiger charge is -2.09. The number of benzene rings is 2. The molecule has 0 atom stereocenters. The number of ether oxygens (including phenoxy) is 1. The molecule has 0 radical (unpaired) electrons. The summed E-state index contributed by atoms with van der Waals surface area (Å²) in [5, 5.41) is 9.75. The number of oxazole rings is 1. The molecule has 5 aromatic rings. The number of hydrogen-bond acceptors (Lipinski definition) is 7. The normalized spacial score (nSPS) is 11.7. The molecule has 0 saturated heterocycles. The summed E-state index contributed by atoms with van der Waals surface area (Å²) in [6, 6.07) is 15.8. The molecule has 0 aliphatic carbocycles. The molecule has 0 aliphatic rings. The van der Waals surface area contributed by atoms with Crippen LogP contribution >= 0.6 is 11.8 Å². The first kappa shape index (κ1) is 20.5. The summed E-state index contributed by atoms with van der Waals surface area (Å²) >= 11 is 1.59. The molecule has 0 unspecified atom stereocenters. The summed E-state index contributed by atoms with van der Waals surface area (Å²) in [7, 11) is 1.65. The van der Waals surface area contributed by atoms with E-state index in [-0.39, 0.29) is 5.92 Å². The molecule has 0 amide bonds. The number of aryl methyl sites for hydroxylation is 1. The summed E-state index contributed by atoms with van der Waals surface area (Å²) in [6.07, 6.45) is 0. The van der Waals surface area contributed by atoms with E-state index < -0.39 is 0 Å². The van der Waals surface area contributed by atoms with Crippen LogP contribution in [-0.2, 0) is 5.75 Å². The third-order valence-electron chi connectivity index (χ3n) is 5.32. The van der Waals surface area contributed by atoms with E-state index in [1.165, 1.54) is 0 Å². The number of hydrogen-bond donors (Lipinski definition) is 0. The number of methoxy groups -OCH3 is 1. The van der Waals surface area contributed by atoms with Crippen molar-refractivity contribution in [1.29, 1.82) is 0 Å². The molecule has 0 saturated carbocycles. The zero-order valence-electron chi connectivity index (χ0n) is 18.4. The highest BCUT2D eigenvalue weighted by molar-refractivity contribution is 7.98. The molecular formula is C24H23N5O2S. The van der Waals surface area contributed by atoms with Crippen LogP contribution in [0.2, 0.25) is 0 Å². The van der Waals surface area contributed by atoms with Gasteiger partial charge in [-0.2, -0.15) is 0 Å². The van der Waals surface area contributed by atoms with Crippen molar-refractivity contribution in [3.05, 3.63) is 65.8 Å². The average molecular weight is 446 g/mol. The quantitative estimate of drug-likeness (QED) is 0.312. The zero-order valence-corrected chi connectivity index (χ0v) is 19.2. The first-order chi connectivity index (χ1) is 15.5. The Morgan fingerprint density at radius 2 is 1.81 bits per heavy atom. The molecule has 0 bridgehead atoms. The van der Waals surface area contributed by atoms with E-state index in [9.17, 15) is 0 Å². The number of nitrogens with zero attached hydrogens (tertiary/aromatic N) is 5. The van der Waals surface area contributed by atoms with Gasteiger partial charge in [-0.3, -0.25) is 4.40 Å². The largest absolute Gasteiger partial charge is 0.497 e. The monoisotopic (exact) mass is 445 g/mol. The molecular weight excluding hydrogens is 422 g/mol. The minimum absolute atomic E-state index is 0.249. The van der Waals surface area contributed by atoms with Gasteiger partial charge in [-0.05, 0) is 43.3 Å². The summed E-state index contributed by atoms with van der Waals surface area (Å²) in [6.45, 7) is 6.18. The fraction of sp³-hybridized carbons (Fsp3) is 0.250.